The highest BCUT2D eigenvalue weighted by molar-refractivity contribution is 8.19. The number of rotatable bonds is 4. The fraction of sp³-hybridized carbons (Fsp3) is 0.100. The van der Waals surface area contributed by atoms with E-state index in [1.54, 1.807) is 0 Å². The van der Waals surface area contributed by atoms with E-state index in [0.717, 1.165) is 22.2 Å². The molecule has 1 aliphatic heterocycles. The number of aryl methyl sites for hydroxylation is 1. The van der Waals surface area contributed by atoms with E-state index < -0.39 is 0 Å². The van der Waals surface area contributed by atoms with E-state index in [1.807, 2.05) is 25.4 Å². The van der Waals surface area contributed by atoms with Crippen LogP contribution < -0.4 is 4.31 Å². The lowest BCUT2D eigenvalue weighted by atomic mass is 10.3. The molecular formula is C20H18ClN3S. The van der Waals surface area contributed by atoms with E-state index in [2.05, 4.69) is 74.7 Å². The number of nitrogens with zero attached hydrogens (tertiary/aromatic N) is 3. The summed E-state index contributed by atoms with van der Waals surface area (Å²) in [6.07, 6.45) is 6.02. The molecule has 0 N–H and O–H groups in total. The van der Waals surface area contributed by atoms with Gasteiger partial charge in [-0.2, -0.15) is 0 Å². The number of aromatic nitrogens is 2. The molecule has 0 bridgehead atoms. The van der Waals surface area contributed by atoms with Gasteiger partial charge in [0, 0.05) is 11.1 Å². The third kappa shape index (κ3) is 3.28. The van der Waals surface area contributed by atoms with Gasteiger partial charge in [-0.25, -0.2) is 4.98 Å². The van der Waals surface area contributed by atoms with Crippen LogP contribution in [0.25, 0.3) is 0 Å². The molecule has 0 fully saturated rings. The van der Waals surface area contributed by atoms with Crippen LogP contribution in [0.5, 0.6) is 0 Å². The molecule has 126 valence electrons. The minimum atomic E-state index is -0.332. The Morgan fingerprint density at radius 2 is 1.68 bits per heavy atom. The van der Waals surface area contributed by atoms with Crippen LogP contribution in [0.4, 0.5) is 5.69 Å². The highest BCUT2D eigenvalue weighted by Gasteiger charge is 2.25. The first-order valence-corrected chi connectivity index (χ1v) is 9.64. The van der Waals surface area contributed by atoms with Gasteiger partial charge in [-0.1, -0.05) is 48.0 Å². The zero-order valence-electron chi connectivity index (χ0n) is 13.8. The number of anilines is 1. The molecule has 1 aromatic heterocycles. The first kappa shape index (κ1) is 16.2. The summed E-state index contributed by atoms with van der Waals surface area (Å²) >= 11 is 6.71. The van der Waals surface area contributed by atoms with Crippen molar-refractivity contribution in [2.75, 3.05) is 4.31 Å². The SMILES string of the molecule is Cc1cn(CC2=CC(Cl)=S(c3ccccc3)N2c2ccccc2)cn1. The van der Waals surface area contributed by atoms with Crippen molar-refractivity contribution in [3.8, 4) is 0 Å². The number of benzene rings is 2. The molecule has 0 amide bonds. The molecule has 0 aliphatic carbocycles. The van der Waals surface area contributed by atoms with Crippen molar-refractivity contribution < 1.29 is 0 Å². The summed E-state index contributed by atoms with van der Waals surface area (Å²) in [4.78, 5) is 5.54. The van der Waals surface area contributed by atoms with Gasteiger partial charge in [-0.15, -0.1) is 0 Å². The first-order valence-electron chi connectivity index (χ1n) is 8.08. The molecule has 3 aromatic rings. The van der Waals surface area contributed by atoms with Crippen LogP contribution in [0.3, 0.4) is 0 Å². The van der Waals surface area contributed by atoms with Crippen molar-refractivity contribution in [3.05, 3.63) is 90.7 Å². The fourth-order valence-corrected chi connectivity index (χ4v) is 5.46. The van der Waals surface area contributed by atoms with Crippen molar-refractivity contribution in [1.82, 2.24) is 9.55 Å². The Morgan fingerprint density at radius 1 is 1.00 bits per heavy atom. The van der Waals surface area contributed by atoms with Crippen LogP contribution >= 0.6 is 22.3 Å². The summed E-state index contributed by atoms with van der Waals surface area (Å²) in [6, 6.07) is 20.9. The van der Waals surface area contributed by atoms with Gasteiger partial charge in [0.15, 0.2) is 0 Å². The highest BCUT2D eigenvalue weighted by atomic mass is 35.5. The molecule has 1 atom stereocenters. The molecular weight excluding hydrogens is 350 g/mol. The average Bonchev–Trinajstić information content (AvgIpc) is 3.19. The summed E-state index contributed by atoms with van der Waals surface area (Å²) < 4.78 is 5.30. The molecule has 2 aromatic carbocycles. The van der Waals surface area contributed by atoms with E-state index in [1.165, 1.54) is 10.6 Å². The predicted molar refractivity (Wildman–Crippen MR) is 107 cm³/mol. The number of hydrogen-bond donors (Lipinski definition) is 0. The second kappa shape index (κ2) is 6.90. The quantitative estimate of drug-likeness (QED) is 0.466. The number of imidazole rings is 1. The molecule has 1 unspecified atom stereocenters. The van der Waals surface area contributed by atoms with Gasteiger partial charge in [0.25, 0.3) is 0 Å². The van der Waals surface area contributed by atoms with Crippen molar-refractivity contribution in [3.63, 3.8) is 0 Å². The summed E-state index contributed by atoms with van der Waals surface area (Å²) in [7, 11) is -0.332. The number of allylic oxidation sites excluding steroid dienone is 2. The van der Waals surface area contributed by atoms with Gasteiger partial charge in [0.05, 0.1) is 34.3 Å². The van der Waals surface area contributed by atoms with Crippen LogP contribution in [0.1, 0.15) is 5.69 Å². The number of para-hydroxylation sites is 1. The summed E-state index contributed by atoms with van der Waals surface area (Å²) in [6.45, 7) is 2.74. The molecule has 2 heterocycles. The van der Waals surface area contributed by atoms with E-state index in [-0.39, 0.29) is 10.7 Å². The Balaban J connectivity index is 1.76. The van der Waals surface area contributed by atoms with E-state index in [9.17, 15) is 0 Å². The Morgan fingerprint density at radius 3 is 2.32 bits per heavy atom. The van der Waals surface area contributed by atoms with Crippen molar-refractivity contribution >= 4 is 32.3 Å². The Bertz CT molecular complexity index is 945. The van der Waals surface area contributed by atoms with Crippen LogP contribution in [-0.2, 0) is 6.54 Å². The van der Waals surface area contributed by atoms with Crippen LogP contribution in [0.15, 0.2) is 89.9 Å². The average molecular weight is 368 g/mol. The molecule has 0 saturated carbocycles. The van der Waals surface area contributed by atoms with Crippen molar-refractivity contribution in [1.29, 1.82) is 0 Å². The zero-order chi connectivity index (χ0) is 17.2. The largest absolute Gasteiger partial charge is 0.331 e. The lowest BCUT2D eigenvalue weighted by Crippen LogP contribution is -2.17. The molecule has 0 spiro atoms. The summed E-state index contributed by atoms with van der Waals surface area (Å²) in [5.74, 6) is 0. The van der Waals surface area contributed by atoms with Crippen molar-refractivity contribution in [2.45, 2.75) is 18.4 Å². The lowest BCUT2D eigenvalue weighted by molar-refractivity contribution is 0.776. The monoisotopic (exact) mass is 367 g/mol. The minimum absolute atomic E-state index is 0.332. The maximum absolute atomic E-state index is 6.71. The normalized spacial score (nSPS) is 17.0. The lowest BCUT2D eigenvalue weighted by Gasteiger charge is -2.27. The van der Waals surface area contributed by atoms with Gasteiger partial charge >= 0.3 is 0 Å². The predicted octanol–water partition coefficient (Wildman–Crippen LogP) is 5.21. The number of hydrogen-bond acceptors (Lipinski definition) is 2. The van der Waals surface area contributed by atoms with Gasteiger partial charge in [0.1, 0.15) is 0 Å². The van der Waals surface area contributed by atoms with Crippen LogP contribution in [0, 0.1) is 6.92 Å². The standard InChI is InChI=1S/C20H18ClN3S/c1-16-13-23(15-22-16)14-18-12-20(21)25(19-10-6-3-7-11-19)24(18)17-8-4-2-5-9-17/h2-13,15H,14H2,1H3. The Hall–Kier alpha value is -2.30. The third-order valence-electron chi connectivity index (χ3n) is 3.97. The summed E-state index contributed by atoms with van der Waals surface area (Å²) in [5.41, 5.74) is 3.33. The Kier molecular flexibility index (Phi) is 4.47. The molecule has 0 saturated heterocycles. The first-order chi connectivity index (χ1) is 12.2. The molecule has 25 heavy (non-hydrogen) atoms. The Labute approximate surface area is 155 Å². The molecule has 3 nitrogen and oxygen atoms in total. The maximum Gasteiger partial charge on any atom is 0.0952 e. The summed E-state index contributed by atoms with van der Waals surface area (Å²) in [5, 5.41) is 0. The molecule has 1 aliphatic rings. The maximum atomic E-state index is 6.71. The van der Waals surface area contributed by atoms with Crippen LogP contribution in [-0.4, -0.2) is 13.9 Å². The van der Waals surface area contributed by atoms with E-state index in [4.69, 9.17) is 11.6 Å². The fourth-order valence-electron chi connectivity index (χ4n) is 2.91. The van der Waals surface area contributed by atoms with Gasteiger partial charge in [-0.05, 0) is 47.9 Å². The number of halogens is 1. The van der Waals surface area contributed by atoms with E-state index >= 15 is 0 Å². The third-order valence-corrected chi connectivity index (χ3v) is 6.54. The van der Waals surface area contributed by atoms with Gasteiger partial charge in [0.2, 0.25) is 0 Å². The molecule has 5 heteroatoms. The molecule has 0 radical (unpaired) electrons. The second-order valence-electron chi connectivity index (χ2n) is 5.85. The van der Waals surface area contributed by atoms with Crippen LogP contribution in [0.2, 0.25) is 0 Å². The van der Waals surface area contributed by atoms with Gasteiger partial charge < -0.3 is 4.57 Å². The highest BCUT2D eigenvalue weighted by Crippen LogP contribution is 2.44. The zero-order valence-corrected chi connectivity index (χ0v) is 15.4. The van der Waals surface area contributed by atoms with Gasteiger partial charge in [-0.3, -0.25) is 4.31 Å². The second-order valence-corrected chi connectivity index (χ2v) is 8.33. The smallest absolute Gasteiger partial charge is 0.0952 e. The minimum Gasteiger partial charge on any atom is -0.331 e. The molecule has 4 rings (SSSR count). The van der Waals surface area contributed by atoms with Crippen molar-refractivity contribution in [2.24, 2.45) is 0 Å². The van der Waals surface area contributed by atoms with E-state index in [0.29, 0.717) is 0 Å². The topological polar surface area (TPSA) is 21.1 Å².